The minimum atomic E-state index is -1.05. The molecule has 23 heavy (non-hydrogen) atoms. The number of halogens is 3. The minimum absolute atomic E-state index is 0.109. The molecule has 1 heterocycles. The maximum Gasteiger partial charge on any atom is 0.339 e. The molecular weight excluding hydrogens is 450 g/mol. The van der Waals surface area contributed by atoms with Crippen molar-refractivity contribution in [3.63, 3.8) is 0 Å². The summed E-state index contributed by atoms with van der Waals surface area (Å²) in [6, 6.07) is 12.5. The molecule has 1 N–H and O–H groups in total. The summed E-state index contributed by atoms with van der Waals surface area (Å²) in [7, 11) is 0. The monoisotopic (exact) mass is 458 g/mol. The number of nitrogens with zero attached hydrogens (tertiary/aromatic N) is 2. The van der Waals surface area contributed by atoms with Gasteiger partial charge in [0.05, 0.1) is 22.6 Å². The molecular formula is C16H9Cl2IN2O2. The van der Waals surface area contributed by atoms with Crippen molar-refractivity contribution >= 4 is 51.8 Å². The summed E-state index contributed by atoms with van der Waals surface area (Å²) in [6.45, 7) is 0. The first-order chi connectivity index (χ1) is 11.0. The van der Waals surface area contributed by atoms with Crippen LogP contribution in [0.4, 0.5) is 0 Å². The number of rotatable bonds is 3. The third-order valence-corrected chi connectivity index (χ3v) is 4.51. The number of aromatic carboxylic acids is 1. The second kappa shape index (κ2) is 6.51. The van der Waals surface area contributed by atoms with Crippen molar-refractivity contribution in [3.8, 4) is 16.9 Å². The molecule has 3 aromatic rings. The molecule has 0 amide bonds. The Balaban J connectivity index is 2.26. The highest BCUT2D eigenvalue weighted by Crippen LogP contribution is 2.31. The van der Waals surface area contributed by atoms with Gasteiger partial charge >= 0.3 is 5.97 Å². The van der Waals surface area contributed by atoms with Crippen LogP contribution in [0.3, 0.4) is 0 Å². The fourth-order valence-electron chi connectivity index (χ4n) is 2.23. The Hall–Kier alpha value is -1.57. The van der Waals surface area contributed by atoms with Crippen LogP contribution in [0.2, 0.25) is 10.0 Å². The maximum atomic E-state index is 11.5. The Bertz CT molecular complexity index is 892. The molecule has 116 valence electrons. The highest BCUT2D eigenvalue weighted by Gasteiger charge is 2.20. The van der Waals surface area contributed by atoms with E-state index in [9.17, 15) is 9.90 Å². The molecule has 0 saturated heterocycles. The van der Waals surface area contributed by atoms with Gasteiger partial charge in [-0.05, 0) is 52.9 Å². The minimum Gasteiger partial charge on any atom is -0.478 e. The van der Waals surface area contributed by atoms with Crippen molar-refractivity contribution < 1.29 is 9.90 Å². The largest absolute Gasteiger partial charge is 0.478 e. The molecule has 4 nitrogen and oxygen atoms in total. The number of hydrogen-bond acceptors (Lipinski definition) is 2. The Morgan fingerprint density at radius 2 is 1.83 bits per heavy atom. The fourth-order valence-corrected chi connectivity index (χ4v) is 3.07. The lowest BCUT2D eigenvalue weighted by Gasteiger charge is -2.11. The van der Waals surface area contributed by atoms with Gasteiger partial charge in [-0.1, -0.05) is 35.3 Å². The lowest BCUT2D eigenvalue weighted by Crippen LogP contribution is -2.03. The summed E-state index contributed by atoms with van der Waals surface area (Å²) < 4.78 is 2.57. The van der Waals surface area contributed by atoms with Gasteiger partial charge in [0.25, 0.3) is 0 Å². The van der Waals surface area contributed by atoms with Crippen LogP contribution in [0, 0.1) is 3.57 Å². The summed E-state index contributed by atoms with van der Waals surface area (Å²) in [4.78, 5) is 11.5. The van der Waals surface area contributed by atoms with E-state index in [-0.39, 0.29) is 5.56 Å². The topological polar surface area (TPSA) is 55.1 Å². The second-order valence-electron chi connectivity index (χ2n) is 4.73. The highest BCUT2D eigenvalue weighted by molar-refractivity contribution is 14.1. The van der Waals surface area contributed by atoms with Gasteiger partial charge < -0.3 is 5.11 Å². The molecule has 1 aromatic heterocycles. The number of carboxylic acid groups (broad SMARTS) is 1. The first kappa shape index (κ1) is 16.3. The van der Waals surface area contributed by atoms with Gasteiger partial charge in [0.2, 0.25) is 0 Å². The Morgan fingerprint density at radius 3 is 2.43 bits per heavy atom. The van der Waals surface area contributed by atoms with Gasteiger partial charge in [0, 0.05) is 14.2 Å². The molecule has 0 saturated carbocycles. The van der Waals surface area contributed by atoms with Crippen molar-refractivity contribution in [2.45, 2.75) is 0 Å². The van der Waals surface area contributed by atoms with Gasteiger partial charge in [-0.15, -0.1) is 0 Å². The molecule has 0 bridgehead atoms. The number of benzene rings is 2. The smallest absolute Gasteiger partial charge is 0.339 e. The number of carboxylic acids is 1. The average Bonchev–Trinajstić information content (AvgIpc) is 2.93. The molecule has 7 heteroatoms. The normalized spacial score (nSPS) is 10.7. The quantitative estimate of drug-likeness (QED) is 0.552. The van der Waals surface area contributed by atoms with Crippen molar-refractivity contribution in [2.75, 3.05) is 0 Å². The van der Waals surface area contributed by atoms with Crippen LogP contribution < -0.4 is 0 Å². The van der Waals surface area contributed by atoms with E-state index in [4.69, 9.17) is 23.2 Å². The van der Waals surface area contributed by atoms with E-state index in [2.05, 4.69) is 27.7 Å². The van der Waals surface area contributed by atoms with Crippen molar-refractivity contribution in [2.24, 2.45) is 0 Å². The van der Waals surface area contributed by atoms with Crippen LogP contribution in [0.25, 0.3) is 16.9 Å². The Labute approximate surface area is 155 Å². The Morgan fingerprint density at radius 1 is 1.13 bits per heavy atom. The predicted molar refractivity (Wildman–Crippen MR) is 98.7 cm³/mol. The highest BCUT2D eigenvalue weighted by atomic mass is 127. The van der Waals surface area contributed by atoms with E-state index in [0.717, 1.165) is 9.13 Å². The molecule has 0 unspecified atom stereocenters. The van der Waals surface area contributed by atoms with Crippen LogP contribution in [-0.2, 0) is 0 Å². The van der Waals surface area contributed by atoms with E-state index in [0.29, 0.717) is 21.4 Å². The van der Waals surface area contributed by atoms with Crippen molar-refractivity contribution in [1.82, 2.24) is 9.78 Å². The zero-order chi connectivity index (χ0) is 16.6. The zero-order valence-corrected chi connectivity index (χ0v) is 15.2. The Kier molecular flexibility index (Phi) is 4.61. The maximum absolute atomic E-state index is 11.5. The average molecular weight is 459 g/mol. The van der Waals surface area contributed by atoms with Crippen molar-refractivity contribution in [3.05, 3.63) is 67.8 Å². The zero-order valence-electron chi connectivity index (χ0n) is 11.5. The van der Waals surface area contributed by atoms with Crippen molar-refractivity contribution in [1.29, 1.82) is 0 Å². The van der Waals surface area contributed by atoms with E-state index in [1.54, 1.807) is 18.2 Å². The molecule has 0 aliphatic carbocycles. The number of aromatic nitrogens is 2. The summed E-state index contributed by atoms with van der Waals surface area (Å²) in [5, 5.41) is 14.5. The summed E-state index contributed by atoms with van der Waals surface area (Å²) in [6.07, 6.45) is 1.32. The van der Waals surface area contributed by atoms with Gasteiger partial charge in [-0.2, -0.15) is 5.10 Å². The molecule has 0 aliphatic heterocycles. The van der Waals surface area contributed by atoms with E-state index >= 15 is 0 Å². The van der Waals surface area contributed by atoms with Crippen LogP contribution in [0.1, 0.15) is 10.4 Å². The van der Waals surface area contributed by atoms with Gasteiger partial charge in [0.1, 0.15) is 5.56 Å². The molecule has 3 rings (SSSR count). The summed E-state index contributed by atoms with van der Waals surface area (Å²) >= 11 is 14.4. The SMILES string of the molecule is O=C(O)c1cnn(-c2ccc(Cl)cc2Cl)c1-c1ccc(I)cc1. The lowest BCUT2D eigenvalue weighted by molar-refractivity contribution is 0.0697. The number of carbonyl (C=O) groups is 1. The first-order valence-electron chi connectivity index (χ1n) is 6.50. The molecule has 0 aliphatic rings. The molecule has 0 spiro atoms. The first-order valence-corrected chi connectivity index (χ1v) is 8.33. The lowest BCUT2D eigenvalue weighted by atomic mass is 10.1. The molecule has 2 aromatic carbocycles. The van der Waals surface area contributed by atoms with Crippen LogP contribution >= 0.6 is 45.8 Å². The fraction of sp³-hybridized carbons (Fsp3) is 0. The van der Waals surface area contributed by atoms with Crippen LogP contribution in [-0.4, -0.2) is 20.9 Å². The van der Waals surface area contributed by atoms with Crippen LogP contribution in [0.15, 0.2) is 48.7 Å². The third kappa shape index (κ3) is 3.22. The third-order valence-electron chi connectivity index (χ3n) is 3.26. The van der Waals surface area contributed by atoms with Gasteiger partial charge in [-0.25, -0.2) is 9.48 Å². The number of hydrogen-bond donors (Lipinski definition) is 1. The second-order valence-corrected chi connectivity index (χ2v) is 6.82. The summed E-state index contributed by atoms with van der Waals surface area (Å²) in [5.41, 5.74) is 1.89. The summed E-state index contributed by atoms with van der Waals surface area (Å²) in [5.74, 6) is -1.05. The van der Waals surface area contributed by atoms with E-state index < -0.39 is 5.97 Å². The molecule has 0 radical (unpaired) electrons. The van der Waals surface area contributed by atoms with Gasteiger partial charge in [0.15, 0.2) is 0 Å². The van der Waals surface area contributed by atoms with E-state index in [1.807, 2.05) is 24.3 Å². The van der Waals surface area contributed by atoms with Crippen LogP contribution in [0.5, 0.6) is 0 Å². The van der Waals surface area contributed by atoms with E-state index in [1.165, 1.54) is 10.9 Å². The standard InChI is InChI=1S/C16H9Cl2IN2O2/c17-10-3-6-14(13(18)7-10)21-15(12(8-20-21)16(22)23)9-1-4-11(19)5-2-9/h1-8H,(H,22,23). The molecule has 0 atom stereocenters. The molecule has 0 fully saturated rings. The van der Waals surface area contributed by atoms with Gasteiger partial charge in [-0.3, -0.25) is 0 Å². The predicted octanol–water partition coefficient (Wildman–Crippen LogP) is 5.15.